The van der Waals surface area contributed by atoms with Crippen LogP contribution in [0.25, 0.3) is 0 Å². The Bertz CT molecular complexity index is 42.2. The van der Waals surface area contributed by atoms with Crippen molar-refractivity contribution >= 4 is 47.0 Å². The van der Waals surface area contributed by atoms with Crippen LogP contribution in [0.2, 0.25) is 0 Å². The van der Waals surface area contributed by atoms with E-state index in [4.69, 9.17) is 0 Å². The van der Waals surface area contributed by atoms with E-state index in [-0.39, 0.29) is 0 Å². The summed E-state index contributed by atoms with van der Waals surface area (Å²) in [5.74, 6) is 0. The fraction of sp³-hybridized carbons (Fsp3) is 1.00. The minimum Gasteiger partial charge on any atom is -0.154 e. The molecule has 0 aliphatic carbocycles. The van der Waals surface area contributed by atoms with E-state index >= 15 is 0 Å². The van der Waals surface area contributed by atoms with Gasteiger partial charge in [0.25, 0.3) is 0 Å². The van der Waals surface area contributed by atoms with Gasteiger partial charge >= 0.3 is 0 Å². The summed E-state index contributed by atoms with van der Waals surface area (Å²) in [5, 5.41) is 3.73. The molecule has 0 fully saturated rings. The lowest BCUT2D eigenvalue weighted by atomic mass is 11.8. The first-order valence-corrected chi connectivity index (χ1v) is 7.65. The molecule has 0 rings (SSSR count). The van der Waals surface area contributed by atoms with Gasteiger partial charge in [-0.05, 0) is 12.5 Å². The van der Waals surface area contributed by atoms with Gasteiger partial charge in [-0.1, -0.05) is 0 Å². The van der Waals surface area contributed by atoms with Gasteiger partial charge in [-0.25, -0.2) is 0 Å². The number of hydrogen-bond acceptors (Lipinski definition) is 4. The van der Waals surface area contributed by atoms with E-state index in [1.807, 2.05) is 47.0 Å². The molecule has 0 amide bonds. The lowest BCUT2D eigenvalue weighted by molar-refractivity contribution is 2.10. The van der Waals surface area contributed by atoms with Crippen molar-refractivity contribution in [3.05, 3.63) is 0 Å². The molecule has 0 nitrogen and oxygen atoms in total. The van der Waals surface area contributed by atoms with Gasteiger partial charge in [0.15, 0.2) is 0 Å². The predicted molar refractivity (Wildman–Crippen MR) is 56.8 cm³/mol. The first-order chi connectivity index (χ1) is 4.41. The molecule has 9 heavy (non-hydrogen) atoms. The zero-order valence-corrected chi connectivity index (χ0v) is 9.02. The van der Waals surface area contributed by atoms with Crippen molar-refractivity contribution in [3.63, 3.8) is 0 Å². The van der Waals surface area contributed by atoms with Crippen LogP contribution in [-0.2, 0) is 0 Å². The maximum atomic E-state index is 2.15. The van der Waals surface area contributed by atoms with Gasteiger partial charge in [-0.2, -0.15) is 23.5 Å². The Morgan fingerprint density at radius 3 is 1.56 bits per heavy atom. The first kappa shape index (κ1) is 10.4. The third kappa shape index (κ3) is 9.40. The van der Waals surface area contributed by atoms with E-state index in [0.29, 0.717) is 0 Å². The van der Waals surface area contributed by atoms with Crippen LogP contribution < -0.4 is 0 Å². The molecule has 0 unspecified atom stereocenters. The van der Waals surface area contributed by atoms with E-state index < -0.39 is 0 Å². The molecule has 0 aliphatic rings. The van der Waals surface area contributed by atoms with Crippen molar-refractivity contribution in [2.24, 2.45) is 0 Å². The van der Waals surface area contributed by atoms with Gasteiger partial charge < -0.3 is 0 Å². The molecule has 0 atom stereocenters. The molecule has 0 heterocycles. The summed E-state index contributed by atoms with van der Waals surface area (Å²) in [6.07, 6.45) is 4.29. The molecule has 0 aromatic rings. The van der Waals surface area contributed by atoms with Crippen LogP contribution in [-0.4, -0.2) is 27.8 Å². The average molecular weight is 200 g/mol. The maximum Gasteiger partial charge on any atom is 0.0408 e. The van der Waals surface area contributed by atoms with Crippen LogP contribution in [0.4, 0.5) is 0 Å². The largest absolute Gasteiger partial charge is 0.154 e. The molecule has 56 valence electrons. The summed E-state index contributed by atoms with van der Waals surface area (Å²) >= 11 is 7.82. The molecule has 0 spiro atoms. The van der Waals surface area contributed by atoms with Crippen LogP contribution in [0.5, 0.6) is 0 Å². The lowest BCUT2D eigenvalue weighted by Crippen LogP contribution is -1.73. The summed E-state index contributed by atoms with van der Waals surface area (Å²) in [6.45, 7) is 0. The fourth-order valence-corrected chi connectivity index (χ4v) is 3.87. The van der Waals surface area contributed by atoms with Crippen LogP contribution >= 0.6 is 47.0 Å². The molecule has 0 saturated heterocycles. The molecule has 0 radical (unpaired) electrons. The molecule has 0 N–H and O–H groups in total. The maximum absolute atomic E-state index is 2.15. The van der Waals surface area contributed by atoms with Crippen LogP contribution in [0.3, 0.4) is 0 Å². The normalized spacial score (nSPS) is 10.0. The Labute approximate surface area is 74.7 Å². The van der Waals surface area contributed by atoms with Crippen molar-refractivity contribution in [1.29, 1.82) is 0 Å². The zero-order chi connectivity index (χ0) is 6.95. The van der Waals surface area contributed by atoms with Crippen molar-refractivity contribution in [2.45, 2.75) is 0 Å². The molecule has 0 aromatic heterocycles. The van der Waals surface area contributed by atoms with Gasteiger partial charge in [0.05, 0.1) is 0 Å². The monoisotopic (exact) mass is 200 g/mol. The minimum absolute atomic E-state index is 1.24. The number of thioether (sulfide) groups is 4. The quantitative estimate of drug-likeness (QED) is 0.477. The molecule has 0 aromatic carbocycles. The van der Waals surface area contributed by atoms with Gasteiger partial charge in [-0.3, -0.25) is 0 Å². The van der Waals surface area contributed by atoms with Gasteiger partial charge in [0.2, 0.25) is 0 Å². The summed E-state index contributed by atoms with van der Waals surface area (Å²) in [7, 11) is 0. The second-order valence-electron chi connectivity index (χ2n) is 1.34. The lowest BCUT2D eigenvalue weighted by Gasteiger charge is -1.96. The third-order valence-electron chi connectivity index (χ3n) is 0.569. The molecular formula is C5H12S4. The Hall–Kier alpha value is 1.40. The Morgan fingerprint density at radius 1 is 0.778 bits per heavy atom. The summed E-state index contributed by atoms with van der Waals surface area (Å²) < 4.78 is 0. The highest BCUT2D eigenvalue weighted by Crippen LogP contribution is 2.18. The van der Waals surface area contributed by atoms with Crippen LogP contribution in [0.15, 0.2) is 0 Å². The van der Waals surface area contributed by atoms with E-state index in [0.717, 1.165) is 0 Å². The Balaban J connectivity index is 2.60. The second-order valence-corrected chi connectivity index (χ2v) is 6.14. The second kappa shape index (κ2) is 9.40. The van der Waals surface area contributed by atoms with Crippen LogP contribution in [0.1, 0.15) is 0 Å². The summed E-state index contributed by atoms with van der Waals surface area (Å²) in [6, 6.07) is 0. The van der Waals surface area contributed by atoms with Crippen molar-refractivity contribution < 1.29 is 0 Å². The third-order valence-corrected chi connectivity index (χ3v) is 5.12. The van der Waals surface area contributed by atoms with E-state index in [1.165, 1.54) is 15.3 Å². The highest BCUT2D eigenvalue weighted by molar-refractivity contribution is 8.25. The van der Waals surface area contributed by atoms with Gasteiger partial charge in [-0.15, -0.1) is 23.5 Å². The van der Waals surface area contributed by atoms with Crippen LogP contribution in [0, 0.1) is 0 Å². The van der Waals surface area contributed by atoms with E-state index in [9.17, 15) is 0 Å². The fourth-order valence-electron chi connectivity index (χ4n) is 0.294. The van der Waals surface area contributed by atoms with Gasteiger partial charge in [0, 0.05) is 15.3 Å². The molecule has 0 saturated carbocycles. The molecular weight excluding hydrogens is 188 g/mol. The first-order valence-electron chi connectivity index (χ1n) is 2.55. The highest BCUT2D eigenvalue weighted by atomic mass is 32.2. The summed E-state index contributed by atoms with van der Waals surface area (Å²) in [4.78, 5) is 0. The zero-order valence-electron chi connectivity index (χ0n) is 5.75. The van der Waals surface area contributed by atoms with E-state index in [1.54, 1.807) is 0 Å². The standard InChI is InChI=1S/C5H12S4/c1-6-3-8-5-9-4-7-2/h3-5H2,1-2H3. The van der Waals surface area contributed by atoms with Crippen molar-refractivity contribution in [3.8, 4) is 0 Å². The summed E-state index contributed by atoms with van der Waals surface area (Å²) in [5.41, 5.74) is 0. The van der Waals surface area contributed by atoms with Gasteiger partial charge in [0.1, 0.15) is 0 Å². The van der Waals surface area contributed by atoms with Crippen molar-refractivity contribution in [2.75, 3.05) is 27.8 Å². The molecule has 4 heteroatoms. The van der Waals surface area contributed by atoms with E-state index in [2.05, 4.69) is 12.5 Å². The SMILES string of the molecule is CSCSCSCSC. The minimum atomic E-state index is 1.24. The molecule has 0 aliphatic heterocycles. The Kier molecular flexibility index (Phi) is 10.9. The average Bonchev–Trinajstić information content (AvgIpc) is 1.89. The Morgan fingerprint density at radius 2 is 1.22 bits per heavy atom. The number of rotatable bonds is 6. The predicted octanol–water partition coefficient (Wildman–Crippen LogP) is 3.05. The smallest absolute Gasteiger partial charge is 0.0408 e. The highest BCUT2D eigenvalue weighted by Gasteiger charge is 1.86. The van der Waals surface area contributed by atoms with Crippen molar-refractivity contribution in [1.82, 2.24) is 0 Å². The topological polar surface area (TPSA) is 0 Å². The molecule has 0 bridgehead atoms. The number of hydrogen-bond donors (Lipinski definition) is 0.